The van der Waals surface area contributed by atoms with Crippen LogP contribution in [0.3, 0.4) is 0 Å². The van der Waals surface area contributed by atoms with Gasteiger partial charge in [0.15, 0.2) is 0 Å². The molecule has 0 aromatic heterocycles. The molecule has 0 fully saturated rings. The molecule has 1 nitrogen and oxygen atoms in total. The zero-order valence-electron chi connectivity index (χ0n) is 31.1. The minimum atomic E-state index is 0.0754. The molecule has 2 heteroatoms. The van der Waals surface area contributed by atoms with E-state index in [4.69, 9.17) is 11.6 Å². The predicted molar refractivity (Wildman–Crippen MR) is 206 cm³/mol. The zero-order chi connectivity index (χ0) is 34.3. The fraction of sp³-hybridized carbons (Fsp3) is 0.467. The van der Waals surface area contributed by atoms with E-state index in [-0.39, 0.29) is 27.1 Å². The third-order valence-corrected chi connectivity index (χ3v) is 11.9. The Morgan fingerprint density at radius 3 is 1.60 bits per heavy atom. The maximum absolute atomic E-state index is 6.86. The molecule has 0 spiro atoms. The Hall–Kier alpha value is -3.03. The fourth-order valence-electron chi connectivity index (χ4n) is 8.16. The van der Waals surface area contributed by atoms with Crippen LogP contribution >= 0.6 is 11.6 Å². The van der Waals surface area contributed by atoms with Gasteiger partial charge < -0.3 is 4.90 Å². The van der Waals surface area contributed by atoms with E-state index in [0.29, 0.717) is 0 Å². The van der Waals surface area contributed by atoms with Crippen LogP contribution in [0.2, 0.25) is 5.02 Å². The van der Waals surface area contributed by atoms with Crippen molar-refractivity contribution in [3.63, 3.8) is 0 Å². The molecule has 0 atom stereocenters. The Bertz CT molecular complexity index is 1810. The number of hydrogen-bond acceptors (Lipinski definition) is 1. The van der Waals surface area contributed by atoms with Crippen LogP contribution in [-0.4, -0.2) is 0 Å². The SMILES string of the molecule is Cc1cc(Cl)cc(N(c2ccc3c(c2)C(C)(C)CCC3(C)C)c2cc3c(cc2-c2ccc(C(C)(C)C)cc2)C(C)(C)CCC3(C)C)c1. The lowest BCUT2D eigenvalue weighted by molar-refractivity contribution is 0.332. The van der Waals surface area contributed by atoms with Crippen LogP contribution in [0.1, 0.15) is 135 Å². The molecule has 0 N–H and O–H groups in total. The zero-order valence-corrected chi connectivity index (χ0v) is 31.8. The molecule has 47 heavy (non-hydrogen) atoms. The first-order valence-electron chi connectivity index (χ1n) is 17.7. The summed E-state index contributed by atoms with van der Waals surface area (Å²) in [4.78, 5) is 2.50. The van der Waals surface area contributed by atoms with Gasteiger partial charge in [-0.15, -0.1) is 0 Å². The van der Waals surface area contributed by atoms with Gasteiger partial charge in [-0.05, 0) is 141 Å². The number of aryl methyl sites for hydroxylation is 1. The molecule has 2 aliphatic carbocycles. The second-order valence-electron chi connectivity index (χ2n) is 18.3. The van der Waals surface area contributed by atoms with Crippen LogP contribution in [-0.2, 0) is 27.1 Å². The van der Waals surface area contributed by atoms with Gasteiger partial charge in [-0.2, -0.15) is 0 Å². The summed E-state index contributed by atoms with van der Waals surface area (Å²) in [6.07, 6.45) is 4.74. The monoisotopic (exact) mass is 645 g/mol. The highest BCUT2D eigenvalue weighted by atomic mass is 35.5. The molecule has 0 saturated carbocycles. The van der Waals surface area contributed by atoms with Crippen molar-refractivity contribution in [3.05, 3.63) is 111 Å². The van der Waals surface area contributed by atoms with Crippen molar-refractivity contribution >= 4 is 28.7 Å². The lowest BCUT2D eigenvalue weighted by atomic mass is 9.62. The maximum Gasteiger partial charge on any atom is 0.0543 e. The van der Waals surface area contributed by atoms with Crippen LogP contribution in [0.15, 0.2) is 72.8 Å². The van der Waals surface area contributed by atoms with E-state index >= 15 is 0 Å². The largest absolute Gasteiger partial charge is 0.310 e. The summed E-state index contributed by atoms with van der Waals surface area (Å²) in [5.74, 6) is 0. The summed E-state index contributed by atoms with van der Waals surface area (Å²) in [5.41, 5.74) is 14.9. The van der Waals surface area contributed by atoms with Gasteiger partial charge in [0.2, 0.25) is 0 Å². The van der Waals surface area contributed by atoms with Gasteiger partial charge in [0.1, 0.15) is 0 Å². The first-order valence-corrected chi connectivity index (χ1v) is 18.1. The Balaban J connectivity index is 1.70. The number of hydrogen-bond donors (Lipinski definition) is 0. The lowest BCUT2D eigenvalue weighted by Crippen LogP contribution is -2.34. The number of anilines is 3. The standard InChI is InChI=1S/C45H56ClN/c1-29-23-32(46)25-34(24-29)47(33-17-18-36-37(26-33)43(7,8)20-19-42(36,5)6)40-28-39-38(44(9,10)21-22-45(39,11)12)27-35(40)30-13-15-31(16-14-30)41(2,3)4/h13-18,23-28H,19-22H2,1-12H3. The second-order valence-corrected chi connectivity index (χ2v) is 18.8. The average molecular weight is 646 g/mol. The molecular formula is C45H56ClN. The summed E-state index contributed by atoms with van der Waals surface area (Å²) in [6, 6.07) is 28.2. The molecule has 248 valence electrons. The molecule has 2 aliphatic rings. The number of fused-ring (bicyclic) bond motifs is 2. The van der Waals surface area contributed by atoms with Crippen LogP contribution in [0.5, 0.6) is 0 Å². The van der Waals surface area contributed by atoms with E-state index in [1.807, 2.05) is 0 Å². The van der Waals surface area contributed by atoms with E-state index in [9.17, 15) is 0 Å². The Morgan fingerprint density at radius 1 is 0.553 bits per heavy atom. The van der Waals surface area contributed by atoms with Gasteiger partial charge >= 0.3 is 0 Å². The van der Waals surface area contributed by atoms with Gasteiger partial charge in [0.25, 0.3) is 0 Å². The van der Waals surface area contributed by atoms with E-state index in [2.05, 4.69) is 161 Å². The Morgan fingerprint density at radius 2 is 1.06 bits per heavy atom. The molecule has 0 amide bonds. The first kappa shape index (κ1) is 33.9. The van der Waals surface area contributed by atoms with Crippen molar-refractivity contribution in [2.75, 3.05) is 4.90 Å². The highest BCUT2D eigenvalue weighted by Gasteiger charge is 2.40. The molecule has 4 aromatic carbocycles. The highest BCUT2D eigenvalue weighted by molar-refractivity contribution is 6.31. The predicted octanol–water partition coefficient (Wildman–Crippen LogP) is 13.8. The number of rotatable bonds is 4. The minimum Gasteiger partial charge on any atom is -0.310 e. The fourth-order valence-corrected chi connectivity index (χ4v) is 8.44. The van der Waals surface area contributed by atoms with Crippen molar-refractivity contribution in [1.29, 1.82) is 0 Å². The van der Waals surface area contributed by atoms with Gasteiger partial charge in [-0.3, -0.25) is 0 Å². The van der Waals surface area contributed by atoms with Crippen LogP contribution in [0.4, 0.5) is 17.1 Å². The topological polar surface area (TPSA) is 3.24 Å². The molecule has 4 aromatic rings. The van der Waals surface area contributed by atoms with Gasteiger partial charge in [0.05, 0.1) is 5.69 Å². The molecule has 0 bridgehead atoms. The maximum atomic E-state index is 6.86. The van der Waals surface area contributed by atoms with Crippen molar-refractivity contribution < 1.29 is 0 Å². The van der Waals surface area contributed by atoms with Crippen molar-refractivity contribution in [1.82, 2.24) is 0 Å². The average Bonchev–Trinajstić information content (AvgIpc) is 2.97. The Labute approximate surface area is 290 Å². The van der Waals surface area contributed by atoms with E-state index < -0.39 is 0 Å². The summed E-state index contributed by atoms with van der Waals surface area (Å²) in [6.45, 7) is 28.4. The lowest BCUT2D eigenvalue weighted by Gasteiger charge is -2.44. The normalized spacial score (nSPS) is 19.1. The number of halogens is 1. The van der Waals surface area contributed by atoms with Crippen molar-refractivity contribution in [2.45, 2.75) is 136 Å². The van der Waals surface area contributed by atoms with Crippen molar-refractivity contribution in [3.8, 4) is 11.1 Å². The van der Waals surface area contributed by atoms with E-state index in [1.54, 1.807) is 0 Å². The first-order chi connectivity index (χ1) is 21.7. The van der Waals surface area contributed by atoms with Gasteiger partial charge in [-0.1, -0.05) is 118 Å². The van der Waals surface area contributed by atoms with E-state index in [1.165, 1.54) is 76.0 Å². The summed E-state index contributed by atoms with van der Waals surface area (Å²) < 4.78 is 0. The molecule has 0 unspecified atom stereocenters. The quantitative estimate of drug-likeness (QED) is 0.213. The highest BCUT2D eigenvalue weighted by Crippen LogP contribution is 2.53. The molecule has 0 radical (unpaired) electrons. The summed E-state index contributed by atoms with van der Waals surface area (Å²) >= 11 is 6.86. The number of benzene rings is 4. The third-order valence-electron chi connectivity index (χ3n) is 11.7. The van der Waals surface area contributed by atoms with Crippen LogP contribution < -0.4 is 4.90 Å². The molecule has 0 heterocycles. The smallest absolute Gasteiger partial charge is 0.0543 e. The second kappa shape index (κ2) is 11.3. The van der Waals surface area contributed by atoms with Crippen LogP contribution in [0, 0.1) is 6.92 Å². The summed E-state index contributed by atoms with van der Waals surface area (Å²) in [7, 11) is 0. The Kier molecular flexibility index (Phi) is 8.11. The number of nitrogens with zero attached hydrogens (tertiary/aromatic N) is 1. The molecule has 6 rings (SSSR count). The molecular weight excluding hydrogens is 590 g/mol. The molecule has 0 aliphatic heterocycles. The van der Waals surface area contributed by atoms with Gasteiger partial charge in [0, 0.05) is 22.0 Å². The third kappa shape index (κ3) is 6.19. The van der Waals surface area contributed by atoms with Crippen molar-refractivity contribution in [2.24, 2.45) is 0 Å². The van der Waals surface area contributed by atoms with Gasteiger partial charge in [-0.25, -0.2) is 0 Å². The molecule has 0 saturated heterocycles. The summed E-state index contributed by atoms with van der Waals surface area (Å²) in [5, 5.41) is 0.764. The van der Waals surface area contributed by atoms with E-state index in [0.717, 1.165) is 16.3 Å². The minimum absolute atomic E-state index is 0.0754. The van der Waals surface area contributed by atoms with Crippen LogP contribution in [0.25, 0.3) is 11.1 Å².